The number of nitrogen functional groups attached to an aromatic ring is 1. The first-order chi connectivity index (χ1) is 8.96. The highest BCUT2D eigenvalue weighted by Gasteiger charge is 2.35. The maximum atomic E-state index is 13.0. The Kier molecular flexibility index (Phi) is 4.02. The lowest BCUT2D eigenvalue weighted by molar-refractivity contribution is -0.137. The molecule has 1 aliphatic heterocycles. The number of hydrogen-bond donors (Lipinski definition) is 1. The Morgan fingerprint density at radius 3 is 2.37 bits per heavy atom. The summed E-state index contributed by atoms with van der Waals surface area (Å²) in [7, 11) is 0. The number of carbonyl (C=O) groups excluding carboxylic acids is 1. The molecule has 0 radical (unpaired) electrons. The first-order valence-corrected chi connectivity index (χ1v) is 6.46. The zero-order chi connectivity index (χ0) is 13.9. The van der Waals surface area contributed by atoms with Gasteiger partial charge in [-0.3, -0.25) is 4.79 Å². The molecule has 1 aliphatic rings. The first kappa shape index (κ1) is 13.8. The van der Waals surface area contributed by atoms with Gasteiger partial charge in [-0.15, -0.1) is 0 Å². The Morgan fingerprint density at radius 2 is 1.79 bits per heavy atom. The minimum absolute atomic E-state index is 0.0488. The number of alkyl halides is 2. The topological polar surface area (TPSA) is 46.3 Å². The number of amides is 1. The maximum Gasteiger partial charge on any atom is 0.251 e. The second kappa shape index (κ2) is 5.55. The molecule has 0 unspecified atom stereocenters. The molecule has 0 bridgehead atoms. The van der Waals surface area contributed by atoms with Gasteiger partial charge in [0.15, 0.2) is 0 Å². The zero-order valence-electron chi connectivity index (χ0n) is 10.7. The van der Waals surface area contributed by atoms with Crippen molar-refractivity contribution in [3.63, 3.8) is 0 Å². The zero-order valence-corrected chi connectivity index (χ0v) is 10.7. The van der Waals surface area contributed by atoms with E-state index in [-0.39, 0.29) is 31.8 Å². The molecular weight excluding hydrogens is 250 g/mol. The summed E-state index contributed by atoms with van der Waals surface area (Å²) >= 11 is 0. The van der Waals surface area contributed by atoms with Crippen LogP contribution in [0, 0.1) is 0 Å². The summed E-state index contributed by atoms with van der Waals surface area (Å²) < 4.78 is 26.0. The van der Waals surface area contributed by atoms with Gasteiger partial charge in [0.25, 0.3) is 5.92 Å². The van der Waals surface area contributed by atoms with Crippen molar-refractivity contribution in [3.8, 4) is 0 Å². The van der Waals surface area contributed by atoms with Crippen molar-refractivity contribution in [2.24, 2.45) is 0 Å². The van der Waals surface area contributed by atoms with E-state index < -0.39 is 5.92 Å². The van der Waals surface area contributed by atoms with Crippen LogP contribution in [0.1, 0.15) is 24.8 Å². The predicted molar refractivity (Wildman–Crippen MR) is 69.9 cm³/mol. The lowest BCUT2D eigenvalue weighted by Gasteiger charge is -2.31. The Morgan fingerprint density at radius 1 is 1.21 bits per heavy atom. The number of carbonyl (C=O) groups is 1. The molecule has 0 aromatic heterocycles. The highest BCUT2D eigenvalue weighted by atomic mass is 19.3. The summed E-state index contributed by atoms with van der Waals surface area (Å²) in [6, 6.07) is 7.35. The van der Waals surface area contributed by atoms with Crippen LogP contribution in [-0.4, -0.2) is 29.8 Å². The van der Waals surface area contributed by atoms with E-state index in [2.05, 4.69) is 0 Å². The lowest BCUT2D eigenvalue weighted by Crippen LogP contribution is -2.42. The van der Waals surface area contributed by atoms with Gasteiger partial charge in [-0.25, -0.2) is 8.78 Å². The van der Waals surface area contributed by atoms with E-state index in [0.29, 0.717) is 18.5 Å². The second-order valence-electron chi connectivity index (χ2n) is 4.98. The van der Waals surface area contributed by atoms with Crippen molar-refractivity contribution in [2.45, 2.75) is 31.6 Å². The van der Waals surface area contributed by atoms with Crippen molar-refractivity contribution in [3.05, 3.63) is 29.8 Å². The number of hydrogen-bond acceptors (Lipinski definition) is 2. The number of rotatable bonds is 3. The molecule has 1 saturated heterocycles. The molecule has 1 heterocycles. The van der Waals surface area contributed by atoms with E-state index in [9.17, 15) is 13.6 Å². The van der Waals surface area contributed by atoms with E-state index >= 15 is 0 Å². The molecule has 0 atom stereocenters. The van der Waals surface area contributed by atoms with Crippen molar-refractivity contribution < 1.29 is 13.6 Å². The fraction of sp³-hybridized carbons (Fsp3) is 0.500. The Balaban J connectivity index is 1.80. The van der Waals surface area contributed by atoms with E-state index in [1.165, 1.54) is 4.90 Å². The van der Waals surface area contributed by atoms with Gasteiger partial charge in [-0.2, -0.15) is 0 Å². The predicted octanol–water partition coefficient (Wildman–Crippen LogP) is 2.46. The minimum Gasteiger partial charge on any atom is -0.399 e. The molecule has 104 valence electrons. The molecule has 5 heteroatoms. The van der Waals surface area contributed by atoms with Crippen LogP contribution in [0.5, 0.6) is 0 Å². The van der Waals surface area contributed by atoms with Gasteiger partial charge in [-0.05, 0) is 24.1 Å². The number of nitrogens with two attached hydrogens (primary N) is 1. The Bertz CT molecular complexity index is 435. The molecule has 1 aromatic carbocycles. The summed E-state index contributed by atoms with van der Waals surface area (Å²) in [5.74, 6) is -2.65. The second-order valence-corrected chi connectivity index (χ2v) is 4.98. The van der Waals surface area contributed by atoms with Gasteiger partial charge in [0.2, 0.25) is 5.91 Å². The molecule has 1 fully saturated rings. The molecule has 3 nitrogen and oxygen atoms in total. The quantitative estimate of drug-likeness (QED) is 0.856. The summed E-state index contributed by atoms with van der Waals surface area (Å²) in [4.78, 5) is 13.4. The van der Waals surface area contributed by atoms with Crippen LogP contribution >= 0.6 is 0 Å². The molecule has 1 aromatic rings. The normalized spacial score (nSPS) is 18.3. The summed E-state index contributed by atoms with van der Waals surface area (Å²) in [6.45, 7) is 0.321. The van der Waals surface area contributed by atoms with Gasteiger partial charge >= 0.3 is 0 Å². The van der Waals surface area contributed by atoms with Crippen molar-refractivity contribution in [1.82, 2.24) is 4.90 Å². The largest absolute Gasteiger partial charge is 0.399 e. The fourth-order valence-corrected chi connectivity index (χ4v) is 2.18. The SMILES string of the molecule is Nc1ccc(CCC(=O)N2CCC(F)(F)CC2)cc1. The third-order valence-electron chi connectivity index (χ3n) is 3.45. The maximum absolute atomic E-state index is 13.0. The van der Waals surface area contributed by atoms with Crippen LogP contribution in [0.25, 0.3) is 0 Å². The average molecular weight is 268 g/mol. The van der Waals surface area contributed by atoms with Gasteiger partial charge in [0, 0.05) is 38.0 Å². The number of aryl methyl sites for hydroxylation is 1. The highest BCUT2D eigenvalue weighted by molar-refractivity contribution is 5.76. The van der Waals surface area contributed by atoms with Crippen LogP contribution in [0.15, 0.2) is 24.3 Å². The monoisotopic (exact) mass is 268 g/mol. The molecule has 2 rings (SSSR count). The number of nitrogens with zero attached hydrogens (tertiary/aromatic N) is 1. The molecule has 0 saturated carbocycles. The third kappa shape index (κ3) is 3.91. The van der Waals surface area contributed by atoms with Crippen LogP contribution in [0.3, 0.4) is 0 Å². The van der Waals surface area contributed by atoms with Gasteiger partial charge in [-0.1, -0.05) is 12.1 Å². The van der Waals surface area contributed by atoms with Crippen molar-refractivity contribution in [1.29, 1.82) is 0 Å². The highest BCUT2D eigenvalue weighted by Crippen LogP contribution is 2.27. The average Bonchev–Trinajstić information content (AvgIpc) is 2.37. The summed E-state index contributed by atoms with van der Waals surface area (Å²) in [5, 5.41) is 0. The Hall–Kier alpha value is -1.65. The minimum atomic E-state index is -2.60. The van der Waals surface area contributed by atoms with E-state index in [1.807, 2.05) is 12.1 Å². The van der Waals surface area contributed by atoms with E-state index in [4.69, 9.17) is 5.73 Å². The van der Waals surface area contributed by atoms with Gasteiger partial charge in [0.05, 0.1) is 0 Å². The first-order valence-electron chi connectivity index (χ1n) is 6.46. The van der Waals surface area contributed by atoms with E-state index in [1.54, 1.807) is 12.1 Å². The number of halogens is 2. The Labute approximate surface area is 111 Å². The number of benzene rings is 1. The van der Waals surface area contributed by atoms with Gasteiger partial charge in [0.1, 0.15) is 0 Å². The smallest absolute Gasteiger partial charge is 0.251 e. The molecule has 0 aliphatic carbocycles. The molecule has 0 spiro atoms. The van der Waals surface area contributed by atoms with Crippen LogP contribution in [0.4, 0.5) is 14.5 Å². The van der Waals surface area contributed by atoms with Crippen molar-refractivity contribution in [2.75, 3.05) is 18.8 Å². The molecule has 1 amide bonds. The molecular formula is C14H18F2N2O. The summed E-state index contributed by atoms with van der Waals surface area (Å²) in [5.41, 5.74) is 7.30. The molecule has 19 heavy (non-hydrogen) atoms. The van der Waals surface area contributed by atoms with Gasteiger partial charge < -0.3 is 10.6 Å². The van der Waals surface area contributed by atoms with Crippen molar-refractivity contribution >= 4 is 11.6 Å². The number of anilines is 1. The standard InChI is InChI=1S/C14H18F2N2O/c15-14(16)7-9-18(10-8-14)13(19)6-3-11-1-4-12(17)5-2-11/h1-2,4-5H,3,6-10,17H2. The number of piperidine rings is 1. The molecule has 2 N–H and O–H groups in total. The van der Waals surface area contributed by atoms with E-state index in [0.717, 1.165) is 5.56 Å². The fourth-order valence-electron chi connectivity index (χ4n) is 2.18. The number of likely N-dealkylation sites (tertiary alicyclic amines) is 1. The van der Waals surface area contributed by atoms with Crippen LogP contribution < -0.4 is 5.73 Å². The third-order valence-corrected chi connectivity index (χ3v) is 3.45. The van der Waals surface area contributed by atoms with Crippen LogP contribution in [0.2, 0.25) is 0 Å². The summed E-state index contributed by atoms with van der Waals surface area (Å²) in [6.07, 6.45) is 0.530. The van der Waals surface area contributed by atoms with Crippen LogP contribution in [-0.2, 0) is 11.2 Å². The lowest BCUT2D eigenvalue weighted by atomic mass is 10.0.